The molecule has 0 saturated heterocycles. The number of esters is 1. The van der Waals surface area contributed by atoms with Crippen molar-refractivity contribution >= 4 is 5.97 Å². The van der Waals surface area contributed by atoms with Crippen LogP contribution in [0.3, 0.4) is 0 Å². The largest absolute Gasteiger partial charge is 0.465 e. The van der Waals surface area contributed by atoms with Crippen molar-refractivity contribution in [2.24, 2.45) is 0 Å². The fourth-order valence-electron chi connectivity index (χ4n) is 2.35. The molecular formula is C13H21N3O2. The number of rotatable bonds is 6. The van der Waals surface area contributed by atoms with Crippen molar-refractivity contribution < 1.29 is 9.53 Å². The van der Waals surface area contributed by atoms with Crippen LogP contribution in [0.2, 0.25) is 0 Å². The van der Waals surface area contributed by atoms with Crippen molar-refractivity contribution in [3.05, 3.63) is 18.0 Å². The molecule has 1 aliphatic carbocycles. The van der Waals surface area contributed by atoms with E-state index >= 15 is 0 Å². The van der Waals surface area contributed by atoms with Crippen molar-refractivity contribution in [2.45, 2.75) is 45.2 Å². The molecule has 0 spiro atoms. The highest BCUT2D eigenvalue weighted by Crippen LogP contribution is 2.28. The molecule has 0 aliphatic heterocycles. The fourth-order valence-corrected chi connectivity index (χ4v) is 2.35. The number of hydrogen-bond acceptors (Lipinski definition) is 4. The molecule has 1 N–H and O–H groups in total. The van der Waals surface area contributed by atoms with Crippen molar-refractivity contribution in [3.63, 3.8) is 0 Å². The van der Waals surface area contributed by atoms with Crippen molar-refractivity contribution in [3.8, 4) is 0 Å². The van der Waals surface area contributed by atoms with Crippen LogP contribution in [-0.4, -0.2) is 28.9 Å². The van der Waals surface area contributed by atoms with E-state index < -0.39 is 0 Å². The van der Waals surface area contributed by atoms with E-state index in [1.807, 2.05) is 12.3 Å². The van der Waals surface area contributed by atoms with Crippen LogP contribution in [-0.2, 0) is 16.1 Å². The molecule has 0 radical (unpaired) electrons. The molecule has 0 atom stereocenters. The summed E-state index contributed by atoms with van der Waals surface area (Å²) < 4.78 is 6.90. The molecule has 1 aliphatic rings. The SMILES string of the molecule is CCOC(=O)CNCc1ccn(C2CCCC2)n1. The van der Waals surface area contributed by atoms with Gasteiger partial charge in [-0.2, -0.15) is 5.10 Å². The Morgan fingerprint density at radius 1 is 1.56 bits per heavy atom. The standard InChI is InChI=1S/C13H21N3O2/c1-2-18-13(17)10-14-9-11-7-8-16(15-11)12-5-3-4-6-12/h7-8,12,14H,2-6,9-10H2,1H3. The number of nitrogens with one attached hydrogen (secondary N) is 1. The Balaban J connectivity index is 1.74. The van der Waals surface area contributed by atoms with Crippen LogP contribution in [0.1, 0.15) is 44.3 Å². The van der Waals surface area contributed by atoms with Crippen LogP contribution in [0.25, 0.3) is 0 Å². The number of ether oxygens (including phenoxy) is 1. The van der Waals surface area contributed by atoms with Gasteiger partial charge in [0.2, 0.25) is 0 Å². The van der Waals surface area contributed by atoms with Crippen LogP contribution in [0.5, 0.6) is 0 Å². The summed E-state index contributed by atoms with van der Waals surface area (Å²) in [7, 11) is 0. The molecule has 5 heteroatoms. The maximum Gasteiger partial charge on any atom is 0.319 e. The third-order valence-corrected chi connectivity index (χ3v) is 3.24. The van der Waals surface area contributed by atoms with Crippen LogP contribution >= 0.6 is 0 Å². The average molecular weight is 251 g/mol. The average Bonchev–Trinajstić information content (AvgIpc) is 2.99. The molecule has 5 nitrogen and oxygen atoms in total. The molecule has 0 aromatic carbocycles. The number of nitrogens with zero attached hydrogens (tertiary/aromatic N) is 2. The summed E-state index contributed by atoms with van der Waals surface area (Å²) in [5, 5.41) is 7.58. The third kappa shape index (κ3) is 3.57. The van der Waals surface area contributed by atoms with E-state index in [0.29, 0.717) is 19.2 Å². The second kappa shape index (κ2) is 6.54. The van der Waals surface area contributed by atoms with E-state index in [0.717, 1.165) is 5.69 Å². The number of carbonyl (C=O) groups excluding carboxylic acids is 1. The highest BCUT2D eigenvalue weighted by molar-refractivity contribution is 5.71. The number of hydrogen-bond donors (Lipinski definition) is 1. The molecular weight excluding hydrogens is 230 g/mol. The van der Waals surface area contributed by atoms with Crippen LogP contribution < -0.4 is 5.32 Å². The zero-order chi connectivity index (χ0) is 12.8. The minimum absolute atomic E-state index is 0.215. The Kier molecular flexibility index (Phi) is 4.75. The van der Waals surface area contributed by atoms with Gasteiger partial charge in [-0.05, 0) is 25.8 Å². The summed E-state index contributed by atoms with van der Waals surface area (Å²) in [6.07, 6.45) is 7.12. The summed E-state index contributed by atoms with van der Waals surface area (Å²) in [4.78, 5) is 11.1. The molecule has 1 saturated carbocycles. The second-order valence-electron chi connectivity index (χ2n) is 4.63. The topological polar surface area (TPSA) is 56.1 Å². The van der Waals surface area contributed by atoms with E-state index in [1.54, 1.807) is 6.92 Å². The van der Waals surface area contributed by atoms with E-state index in [9.17, 15) is 4.79 Å². The first kappa shape index (κ1) is 13.1. The smallest absolute Gasteiger partial charge is 0.319 e. The number of aromatic nitrogens is 2. The Morgan fingerprint density at radius 3 is 3.06 bits per heavy atom. The lowest BCUT2D eigenvalue weighted by Gasteiger charge is -2.08. The Bertz CT molecular complexity index is 383. The molecule has 1 heterocycles. The highest BCUT2D eigenvalue weighted by atomic mass is 16.5. The third-order valence-electron chi connectivity index (χ3n) is 3.24. The van der Waals surface area contributed by atoms with Gasteiger partial charge in [0.1, 0.15) is 0 Å². The Hall–Kier alpha value is -1.36. The minimum atomic E-state index is -0.215. The lowest BCUT2D eigenvalue weighted by molar-refractivity contribution is -0.142. The normalized spacial score (nSPS) is 16.1. The van der Waals surface area contributed by atoms with E-state index in [4.69, 9.17) is 4.74 Å². The Labute approximate surface area is 108 Å². The predicted molar refractivity (Wildman–Crippen MR) is 68.1 cm³/mol. The molecule has 0 amide bonds. The van der Waals surface area contributed by atoms with Gasteiger partial charge in [0.25, 0.3) is 0 Å². The molecule has 18 heavy (non-hydrogen) atoms. The lowest BCUT2D eigenvalue weighted by Crippen LogP contribution is -2.24. The fraction of sp³-hybridized carbons (Fsp3) is 0.692. The molecule has 2 rings (SSSR count). The van der Waals surface area contributed by atoms with Crippen LogP contribution in [0.15, 0.2) is 12.3 Å². The minimum Gasteiger partial charge on any atom is -0.465 e. The maximum atomic E-state index is 11.1. The van der Waals surface area contributed by atoms with Crippen molar-refractivity contribution in [1.82, 2.24) is 15.1 Å². The first-order valence-electron chi connectivity index (χ1n) is 6.70. The molecule has 100 valence electrons. The summed E-state index contributed by atoms with van der Waals surface area (Å²) in [6, 6.07) is 2.58. The van der Waals surface area contributed by atoms with Gasteiger partial charge in [-0.3, -0.25) is 9.48 Å². The maximum absolute atomic E-state index is 11.1. The van der Waals surface area contributed by atoms with Crippen LogP contribution in [0.4, 0.5) is 0 Å². The first-order valence-corrected chi connectivity index (χ1v) is 6.70. The molecule has 0 unspecified atom stereocenters. The molecule has 1 aromatic heterocycles. The zero-order valence-corrected chi connectivity index (χ0v) is 10.9. The first-order chi connectivity index (χ1) is 8.79. The van der Waals surface area contributed by atoms with E-state index in [-0.39, 0.29) is 12.5 Å². The summed E-state index contributed by atoms with van der Waals surface area (Å²) in [6.45, 7) is 3.08. The van der Waals surface area contributed by atoms with Gasteiger partial charge in [0.15, 0.2) is 0 Å². The van der Waals surface area contributed by atoms with Gasteiger partial charge in [-0.25, -0.2) is 0 Å². The summed E-state index contributed by atoms with van der Waals surface area (Å²) in [5.41, 5.74) is 0.978. The van der Waals surface area contributed by atoms with E-state index in [2.05, 4.69) is 15.1 Å². The Morgan fingerprint density at radius 2 is 2.33 bits per heavy atom. The molecule has 1 aromatic rings. The quantitative estimate of drug-likeness (QED) is 0.781. The van der Waals surface area contributed by atoms with Gasteiger partial charge in [-0.15, -0.1) is 0 Å². The molecule has 0 bridgehead atoms. The van der Waals surface area contributed by atoms with Gasteiger partial charge in [0, 0.05) is 12.7 Å². The van der Waals surface area contributed by atoms with Gasteiger partial charge >= 0.3 is 5.97 Å². The zero-order valence-electron chi connectivity index (χ0n) is 10.9. The second-order valence-corrected chi connectivity index (χ2v) is 4.63. The van der Waals surface area contributed by atoms with Gasteiger partial charge in [-0.1, -0.05) is 12.8 Å². The van der Waals surface area contributed by atoms with E-state index in [1.165, 1.54) is 25.7 Å². The lowest BCUT2D eigenvalue weighted by atomic mass is 10.3. The molecule has 1 fully saturated rings. The van der Waals surface area contributed by atoms with Gasteiger partial charge < -0.3 is 10.1 Å². The monoisotopic (exact) mass is 251 g/mol. The number of carbonyl (C=O) groups is 1. The summed E-state index contributed by atoms with van der Waals surface area (Å²) >= 11 is 0. The van der Waals surface area contributed by atoms with Crippen LogP contribution in [0, 0.1) is 0 Å². The van der Waals surface area contributed by atoms with Gasteiger partial charge in [0.05, 0.1) is 24.9 Å². The van der Waals surface area contributed by atoms with Crippen molar-refractivity contribution in [2.75, 3.05) is 13.2 Å². The predicted octanol–water partition coefficient (Wildman–Crippen LogP) is 1.65. The summed E-state index contributed by atoms with van der Waals surface area (Å²) in [5.74, 6) is -0.215. The van der Waals surface area contributed by atoms with Crippen molar-refractivity contribution in [1.29, 1.82) is 0 Å². The highest BCUT2D eigenvalue weighted by Gasteiger charge is 2.17.